The molecular formula is C7H3BrF3O. The van der Waals surface area contributed by atoms with E-state index in [1.54, 1.807) is 0 Å². The first-order valence-corrected chi connectivity index (χ1v) is 3.74. The van der Waals surface area contributed by atoms with Gasteiger partial charge in [-0.2, -0.15) is 13.2 Å². The van der Waals surface area contributed by atoms with Crippen molar-refractivity contribution in [3.8, 4) is 5.75 Å². The zero-order valence-corrected chi connectivity index (χ0v) is 7.24. The topological polar surface area (TPSA) is 19.9 Å². The summed E-state index contributed by atoms with van der Waals surface area (Å²) in [4.78, 5) is 0. The monoisotopic (exact) mass is 239 g/mol. The SMILES string of the molecule is [O]c1ccc(Br)cc1C(F)(F)F. The highest BCUT2D eigenvalue weighted by Gasteiger charge is 2.34. The molecule has 0 aliphatic heterocycles. The Labute approximate surface area is 75.0 Å². The Morgan fingerprint density at radius 1 is 1.25 bits per heavy atom. The predicted molar refractivity (Wildman–Crippen MR) is 39.3 cm³/mol. The minimum Gasteiger partial charge on any atom is -0.289 e. The van der Waals surface area contributed by atoms with E-state index < -0.39 is 17.5 Å². The first-order valence-electron chi connectivity index (χ1n) is 2.95. The minimum atomic E-state index is -4.57. The summed E-state index contributed by atoms with van der Waals surface area (Å²) in [6.07, 6.45) is -4.57. The highest BCUT2D eigenvalue weighted by atomic mass is 79.9. The molecule has 0 unspecified atom stereocenters. The summed E-state index contributed by atoms with van der Waals surface area (Å²) in [6, 6.07) is 2.92. The second-order valence-corrected chi connectivity index (χ2v) is 3.05. The molecule has 0 aliphatic rings. The molecule has 0 atom stereocenters. The molecule has 1 rings (SSSR count). The van der Waals surface area contributed by atoms with Crippen LogP contribution in [-0.2, 0) is 11.3 Å². The second-order valence-electron chi connectivity index (χ2n) is 2.14. The lowest BCUT2D eigenvalue weighted by Gasteiger charge is -2.06. The van der Waals surface area contributed by atoms with Gasteiger partial charge in [0.2, 0.25) is 0 Å². The van der Waals surface area contributed by atoms with Gasteiger partial charge in [0.15, 0.2) is 5.75 Å². The lowest BCUT2D eigenvalue weighted by molar-refractivity contribution is -0.139. The lowest BCUT2D eigenvalue weighted by atomic mass is 10.2. The van der Waals surface area contributed by atoms with Crippen LogP contribution in [0, 0.1) is 0 Å². The van der Waals surface area contributed by atoms with E-state index in [4.69, 9.17) is 0 Å². The molecule has 0 saturated carbocycles. The fourth-order valence-corrected chi connectivity index (χ4v) is 1.08. The number of benzene rings is 1. The average Bonchev–Trinajstić information content (AvgIpc) is 1.92. The highest BCUT2D eigenvalue weighted by molar-refractivity contribution is 9.10. The second kappa shape index (κ2) is 2.97. The third-order valence-electron chi connectivity index (χ3n) is 1.25. The molecule has 65 valence electrons. The van der Waals surface area contributed by atoms with Crippen molar-refractivity contribution in [3.63, 3.8) is 0 Å². The Morgan fingerprint density at radius 3 is 2.25 bits per heavy atom. The van der Waals surface area contributed by atoms with Crippen molar-refractivity contribution in [3.05, 3.63) is 28.2 Å². The molecule has 1 aromatic rings. The molecule has 12 heavy (non-hydrogen) atoms. The highest BCUT2D eigenvalue weighted by Crippen LogP contribution is 2.37. The summed E-state index contributed by atoms with van der Waals surface area (Å²) in [5.74, 6) is -1.01. The van der Waals surface area contributed by atoms with Crippen molar-refractivity contribution >= 4 is 15.9 Å². The van der Waals surface area contributed by atoms with Crippen LogP contribution in [0.3, 0.4) is 0 Å². The van der Waals surface area contributed by atoms with Gasteiger partial charge in [-0.05, 0) is 18.2 Å². The normalized spacial score (nSPS) is 11.7. The van der Waals surface area contributed by atoms with Gasteiger partial charge in [-0.25, -0.2) is 0 Å². The van der Waals surface area contributed by atoms with Crippen LogP contribution in [0.5, 0.6) is 5.75 Å². The van der Waals surface area contributed by atoms with E-state index >= 15 is 0 Å². The lowest BCUT2D eigenvalue weighted by Crippen LogP contribution is -2.04. The van der Waals surface area contributed by atoms with Crippen molar-refractivity contribution in [2.45, 2.75) is 6.18 Å². The van der Waals surface area contributed by atoms with Gasteiger partial charge >= 0.3 is 6.18 Å². The Balaban J connectivity index is 3.23. The summed E-state index contributed by atoms with van der Waals surface area (Å²) in [5, 5.41) is 10.7. The first-order chi connectivity index (χ1) is 5.41. The maximum absolute atomic E-state index is 12.0. The number of halogens is 4. The molecule has 0 spiro atoms. The molecular weight excluding hydrogens is 237 g/mol. The van der Waals surface area contributed by atoms with E-state index in [-0.39, 0.29) is 4.47 Å². The summed E-state index contributed by atoms with van der Waals surface area (Å²) in [7, 11) is 0. The van der Waals surface area contributed by atoms with Gasteiger partial charge in [0, 0.05) is 4.47 Å². The fraction of sp³-hybridized carbons (Fsp3) is 0.143. The van der Waals surface area contributed by atoms with E-state index in [1.807, 2.05) is 0 Å². The molecule has 1 nitrogen and oxygen atoms in total. The van der Waals surface area contributed by atoms with Crippen molar-refractivity contribution in [1.29, 1.82) is 0 Å². The maximum Gasteiger partial charge on any atom is 0.420 e. The van der Waals surface area contributed by atoms with Gasteiger partial charge in [0.1, 0.15) is 5.56 Å². The predicted octanol–water partition coefficient (Wildman–Crippen LogP) is 3.61. The molecule has 0 bridgehead atoms. The zero-order chi connectivity index (χ0) is 9.35. The number of hydrogen-bond donors (Lipinski definition) is 0. The van der Waals surface area contributed by atoms with Gasteiger partial charge in [0.25, 0.3) is 0 Å². The largest absolute Gasteiger partial charge is 0.420 e. The molecule has 0 heterocycles. The molecule has 0 aliphatic carbocycles. The smallest absolute Gasteiger partial charge is 0.289 e. The van der Waals surface area contributed by atoms with Gasteiger partial charge in [-0.15, -0.1) is 0 Å². The van der Waals surface area contributed by atoms with E-state index in [0.29, 0.717) is 0 Å². The van der Waals surface area contributed by atoms with E-state index in [2.05, 4.69) is 15.9 Å². The number of rotatable bonds is 0. The van der Waals surface area contributed by atoms with E-state index in [1.165, 1.54) is 6.07 Å². The van der Waals surface area contributed by atoms with Gasteiger partial charge in [-0.1, -0.05) is 15.9 Å². The van der Waals surface area contributed by atoms with Gasteiger partial charge < -0.3 is 0 Å². The quantitative estimate of drug-likeness (QED) is 0.660. The van der Waals surface area contributed by atoms with Crippen LogP contribution in [0.15, 0.2) is 22.7 Å². The molecule has 0 aromatic heterocycles. The molecule has 1 aromatic carbocycles. The zero-order valence-electron chi connectivity index (χ0n) is 5.65. The third kappa shape index (κ3) is 1.91. The summed E-state index contributed by atoms with van der Waals surface area (Å²) in [6.45, 7) is 0. The summed E-state index contributed by atoms with van der Waals surface area (Å²) >= 11 is 2.85. The Morgan fingerprint density at radius 2 is 1.83 bits per heavy atom. The Kier molecular flexibility index (Phi) is 2.32. The molecule has 5 heteroatoms. The Hall–Kier alpha value is -0.710. The molecule has 0 amide bonds. The van der Waals surface area contributed by atoms with Crippen molar-refractivity contribution in [2.24, 2.45) is 0 Å². The molecule has 0 N–H and O–H groups in total. The number of hydrogen-bond acceptors (Lipinski definition) is 0. The van der Waals surface area contributed by atoms with Crippen molar-refractivity contribution in [2.75, 3.05) is 0 Å². The van der Waals surface area contributed by atoms with Gasteiger partial charge in [0.05, 0.1) is 0 Å². The van der Waals surface area contributed by atoms with Crippen LogP contribution >= 0.6 is 15.9 Å². The standard InChI is InChI=1S/C7H3BrF3O/c8-4-1-2-6(12)5(3-4)7(9,10)11/h1-3H. The molecule has 1 radical (unpaired) electrons. The molecule has 0 saturated heterocycles. The van der Waals surface area contributed by atoms with Crippen LogP contribution in [-0.4, -0.2) is 0 Å². The summed E-state index contributed by atoms with van der Waals surface area (Å²) in [5.41, 5.74) is -1.14. The van der Waals surface area contributed by atoms with Crippen LogP contribution < -0.4 is 0 Å². The Bertz CT molecular complexity index is 295. The van der Waals surface area contributed by atoms with E-state index in [0.717, 1.165) is 12.1 Å². The van der Waals surface area contributed by atoms with Crippen LogP contribution in [0.2, 0.25) is 0 Å². The average molecular weight is 240 g/mol. The van der Waals surface area contributed by atoms with Crippen molar-refractivity contribution < 1.29 is 18.3 Å². The van der Waals surface area contributed by atoms with Crippen LogP contribution in [0.1, 0.15) is 5.56 Å². The first kappa shape index (κ1) is 9.38. The summed E-state index contributed by atoms with van der Waals surface area (Å²) < 4.78 is 36.3. The van der Waals surface area contributed by atoms with E-state index in [9.17, 15) is 18.3 Å². The van der Waals surface area contributed by atoms with Gasteiger partial charge in [-0.3, -0.25) is 5.11 Å². The van der Waals surface area contributed by atoms with Crippen LogP contribution in [0.4, 0.5) is 13.2 Å². The van der Waals surface area contributed by atoms with Crippen LogP contribution in [0.25, 0.3) is 0 Å². The third-order valence-corrected chi connectivity index (χ3v) is 1.74. The maximum atomic E-state index is 12.0. The fourth-order valence-electron chi connectivity index (χ4n) is 0.724. The van der Waals surface area contributed by atoms with Crippen molar-refractivity contribution in [1.82, 2.24) is 0 Å². The molecule has 0 fully saturated rings. The number of alkyl halides is 3. The minimum absolute atomic E-state index is 0.245.